The van der Waals surface area contributed by atoms with Gasteiger partial charge < -0.3 is 9.47 Å². The number of imidazole rings is 1. The highest BCUT2D eigenvalue weighted by Crippen LogP contribution is 2.24. The minimum atomic E-state index is 0.114. The lowest BCUT2D eigenvalue weighted by Crippen LogP contribution is -2.28. The smallest absolute Gasteiger partial charge is 0.233 e. The Morgan fingerprint density at radius 2 is 1.88 bits per heavy atom. The third kappa shape index (κ3) is 3.87. The summed E-state index contributed by atoms with van der Waals surface area (Å²) >= 11 is 1.51. The SMILES string of the molecule is CCn1c(SCC(=O)N(C)Cc2ccccc2C)nc2ccccc21. The number of carbonyl (C=O) groups excluding carboxylic acids is 1. The number of aryl methyl sites for hydroxylation is 2. The zero-order chi connectivity index (χ0) is 17.8. The second-order valence-electron chi connectivity index (χ2n) is 6.09. The maximum Gasteiger partial charge on any atom is 0.233 e. The van der Waals surface area contributed by atoms with E-state index in [4.69, 9.17) is 0 Å². The van der Waals surface area contributed by atoms with E-state index in [1.165, 1.54) is 22.9 Å². The van der Waals surface area contributed by atoms with Gasteiger partial charge in [-0.1, -0.05) is 48.2 Å². The predicted octanol–water partition coefficient (Wildman–Crippen LogP) is 4.12. The van der Waals surface area contributed by atoms with Crippen molar-refractivity contribution in [2.24, 2.45) is 0 Å². The summed E-state index contributed by atoms with van der Waals surface area (Å²) in [7, 11) is 1.86. The van der Waals surface area contributed by atoms with E-state index in [1.807, 2.05) is 37.4 Å². The van der Waals surface area contributed by atoms with Gasteiger partial charge in [0.1, 0.15) is 0 Å². The first-order chi connectivity index (χ1) is 12.1. The molecule has 0 bridgehead atoms. The third-order valence-corrected chi connectivity index (χ3v) is 5.32. The summed E-state index contributed by atoms with van der Waals surface area (Å²) in [5.41, 5.74) is 4.49. The van der Waals surface area contributed by atoms with E-state index >= 15 is 0 Å². The molecule has 0 unspecified atom stereocenters. The Morgan fingerprint density at radius 3 is 2.64 bits per heavy atom. The van der Waals surface area contributed by atoms with E-state index in [1.54, 1.807) is 4.90 Å². The number of para-hydroxylation sites is 2. The highest BCUT2D eigenvalue weighted by Gasteiger charge is 2.14. The molecule has 0 aliphatic carbocycles. The number of benzene rings is 2. The zero-order valence-corrected chi connectivity index (χ0v) is 15.7. The molecule has 3 rings (SSSR count). The van der Waals surface area contributed by atoms with Crippen molar-refractivity contribution >= 4 is 28.7 Å². The molecular weight excluding hydrogens is 330 g/mol. The minimum absolute atomic E-state index is 0.114. The summed E-state index contributed by atoms with van der Waals surface area (Å²) in [6, 6.07) is 16.3. The van der Waals surface area contributed by atoms with Crippen molar-refractivity contribution in [1.82, 2.24) is 14.5 Å². The molecule has 4 nitrogen and oxygen atoms in total. The Kier molecular flexibility index (Phi) is 5.43. The molecule has 0 fully saturated rings. The number of rotatable bonds is 6. The molecule has 1 amide bonds. The van der Waals surface area contributed by atoms with Crippen molar-refractivity contribution < 1.29 is 4.79 Å². The van der Waals surface area contributed by atoms with Crippen LogP contribution in [0.4, 0.5) is 0 Å². The number of hydrogen-bond donors (Lipinski definition) is 0. The molecule has 0 aliphatic rings. The molecule has 2 aromatic carbocycles. The largest absolute Gasteiger partial charge is 0.341 e. The van der Waals surface area contributed by atoms with Gasteiger partial charge in [0.2, 0.25) is 5.91 Å². The van der Waals surface area contributed by atoms with Crippen molar-refractivity contribution in [3.8, 4) is 0 Å². The van der Waals surface area contributed by atoms with Crippen molar-refractivity contribution in [2.45, 2.75) is 32.1 Å². The van der Waals surface area contributed by atoms with Crippen LogP contribution in [-0.4, -0.2) is 33.2 Å². The Morgan fingerprint density at radius 1 is 1.16 bits per heavy atom. The number of aromatic nitrogens is 2. The van der Waals surface area contributed by atoms with Crippen LogP contribution in [0.5, 0.6) is 0 Å². The Bertz CT molecular complexity index is 888. The number of carbonyl (C=O) groups is 1. The molecule has 1 aromatic heterocycles. The molecule has 25 heavy (non-hydrogen) atoms. The third-order valence-electron chi connectivity index (χ3n) is 4.36. The highest BCUT2D eigenvalue weighted by atomic mass is 32.2. The van der Waals surface area contributed by atoms with E-state index in [0.717, 1.165) is 22.7 Å². The Hall–Kier alpha value is -2.27. The first-order valence-corrected chi connectivity index (χ1v) is 9.45. The van der Waals surface area contributed by atoms with E-state index in [0.29, 0.717) is 12.3 Å². The van der Waals surface area contributed by atoms with Crippen LogP contribution in [0.2, 0.25) is 0 Å². The molecule has 1 heterocycles. The highest BCUT2D eigenvalue weighted by molar-refractivity contribution is 7.99. The predicted molar refractivity (Wildman–Crippen MR) is 104 cm³/mol. The molecule has 3 aromatic rings. The number of fused-ring (bicyclic) bond motifs is 1. The van der Waals surface area contributed by atoms with Crippen molar-refractivity contribution in [1.29, 1.82) is 0 Å². The average molecular weight is 353 g/mol. The Labute approximate surface area is 152 Å². The van der Waals surface area contributed by atoms with Gasteiger partial charge in [-0.3, -0.25) is 4.79 Å². The summed E-state index contributed by atoms with van der Waals surface area (Å²) in [4.78, 5) is 19.0. The molecule has 130 valence electrons. The van der Waals surface area contributed by atoms with Gasteiger partial charge in [-0.25, -0.2) is 4.98 Å². The molecule has 0 saturated carbocycles. The second-order valence-corrected chi connectivity index (χ2v) is 7.03. The van der Waals surface area contributed by atoms with Crippen LogP contribution < -0.4 is 0 Å². The Balaban J connectivity index is 1.67. The molecule has 0 spiro atoms. The quantitative estimate of drug-likeness (QED) is 0.626. The standard InChI is InChI=1S/C20H23N3OS/c1-4-23-18-12-8-7-11-17(18)21-20(23)25-14-19(24)22(3)13-16-10-6-5-9-15(16)2/h5-12H,4,13-14H2,1-3H3. The van der Waals surface area contributed by atoms with Crippen LogP contribution in [0.1, 0.15) is 18.1 Å². The fourth-order valence-electron chi connectivity index (χ4n) is 2.84. The minimum Gasteiger partial charge on any atom is -0.341 e. The maximum atomic E-state index is 12.5. The fourth-order valence-corrected chi connectivity index (χ4v) is 3.86. The van der Waals surface area contributed by atoms with Gasteiger partial charge in [-0.15, -0.1) is 0 Å². The van der Waals surface area contributed by atoms with Gasteiger partial charge in [0, 0.05) is 20.1 Å². The number of nitrogens with zero attached hydrogens (tertiary/aromatic N) is 3. The summed E-state index contributed by atoms with van der Waals surface area (Å²) in [6.45, 7) is 5.66. The maximum absolute atomic E-state index is 12.5. The topological polar surface area (TPSA) is 38.1 Å². The van der Waals surface area contributed by atoms with Crippen LogP contribution in [0.15, 0.2) is 53.7 Å². The molecule has 0 atom stereocenters. The molecule has 5 heteroatoms. The van der Waals surface area contributed by atoms with E-state index in [-0.39, 0.29) is 5.91 Å². The summed E-state index contributed by atoms with van der Waals surface area (Å²) in [5, 5.41) is 0.904. The van der Waals surface area contributed by atoms with E-state index < -0.39 is 0 Å². The monoisotopic (exact) mass is 353 g/mol. The average Bonchev–Trinajstić information content (AvgIpc) is 2.99. The van der Waals surface area contributed by atoms with Gasteiger partial charge in [-0.05, 0) is 37.1 Å². The molecule has 0 saturated heterocycles. The fraction of sp³-hybridized carbons (Fsp3) is 0.300. The van der Waals surface area contributed by atoms with E-state index in [9.17, 15) is 4.79 Å². The van der Waals surface area contributed by atoms with Crippen molar-refractivity contribution in [3.63, 3.8) is 0 Å². The van der Waals surface area contributed by atoms with Gasteiger partial charge in [-0.2, -0.15) is 0 Å². The normalized spacial score (nSPS) is 11.0. The summed E-state index contributed by atoms with van der Waals surface area (Å²) in [5.74, 6) is 0.508. The first kappa shape index (κ1) is 17.5. The lowest BCUT2D eigenvalue weighted by atomic mass is 10.1. The van der Waals surface area contributed by atoms with Crippen LogP contribution in [0, 0.1) is 6.92 Å². The van der Waals surface area contributed by atoms with Crippen LogP contribution in [0.25, 0.3) is 11.0 Å². The van der Waals surface area contributed by atoms with Gasteiger partial charge >= 0.3 is 0 Å². The summed E-state index contributed by atoms with van der Waals surface area (Å²) < 4.78 is 2.16. The number of hydrogen-bond acceptors (Lipinski definition) is 3. The number of thioether (sulfide) groups is 1. The van der Waals surface area contributed by atoms with Crippen LogP contribution in [-0.2, 0) is 17.9 Å². The molecule has 0 radical (unpaired) electrons. The second kappa shape index (κ2) is 7.74. The van der Waals surface area contributed by atoms with Gasteiger partial charge in [0.25, 0.3) is 0 Å². The number of amides is 1. The van der Waals surface area contributed by atoms with Crippen molar-refractivity contribution in [2.75, 3.05) is 12.8 Å². The van der Waals surface area contributed by atoms with Gasteiger partial charge in [0.15, 0.2) is 5.16 Å². The lowest BCUT2D eigenvalue weighted by molar-refractivity contribution is -0.127. The molecule has 0 N–H and O–H groups in total. The van der Waals surface area contributed by atoms with Gasteiger partial charge in [0.05, 0.1) is 16.8 Å². The molecular formula is C20H23N3OS. The van der Waals surface area contributed by atoms with Crippen LogP contribution in [0.3, 0.4) is 0 Å². The lowest BCUT2D eigenvalue weighted by Gasteiger charge is -2.18. The zero-order valence-electron chi connectivity index (χ0n) is 14.9. The van der Waals surface area contributed by atoms with Crippen molar-refractivity contribution in [3.05, 3.63) is 59.7 Å². The first-order valence-electron chi connectivity index (χ1n) is 8.46. The van der Waals surface area contributed by atoms with Crippen LogP contribution >= 0.6 is 11.8 Å². The molecule has 0 aliphatic heterocycles. The summed E-state index contributed by atoms with van der Waals surface area (Å²) in [6.07, 6.45) is 0. The van der Waals surface area contributed by atoms with E-state index in [2.05, 4.69) is 41.6 Å².